The first-order valence-electron chi connectivity index (χ1n) is 9.42. The van der Waals surface area contributed by atoms with Crippen molar-refractivity contribution in [1.29, 1.82) is 0 Å². The third-order valence-corrected chi connectivity index (χ3v) is 3.87. The summed E-state index contributed by atoms with van der Waals surface area (Å²) in [7, 11) is 5.07. The molecule has 0 aliphatic carbocycles. The standard InChI is InChI=1S/C21H35N3O3.HI/c1-7-9-18-12-17(13-19(25-5)20(18)26-6)14-24-21(22-4)23-10-8-11-27-15-16(2)3;/h7,12-13,16H,1,8-11,14-15H2,2-6H3,(H2,22,23,24);1H. The molecule has 1 aromatic carbocycles. The number of rotatable bonds is 12. The highest BCUT2D eigenvalue weighted by atomic mass is 127. The van der Waals surface area contributed by atoms with E-state index in [0.717, 1.165) is 61.2 Å². The van der Waals surface area contributed by atoms with Gasteiger partial charge in [-0.3, -0.25) is 4.99 Å². The van der Waals surface area contributed by atoms with Gasteiger partial charge < -0.3 is 24.8 Å². The van der Waals surface area contributed by atoms with Crippen molar-refractivity contribution in [3.8, 4) is 11.5 Å². The summed E-state index contributed by atoms with van der Waals surface area (Å²) in [5.74, 6) is 2.81. The molecule has 0 radical (unpaired) electrons. The Kier molecular flexibility index (Phi) is 14.6. The number of hydrogen-bond acceptors (Lipinski definition) is 4. The molecule has 6 nitrogen and oxygen atoms in total. The van der Waals surface area contributed by atoms with E-state index < -0.39 is 0 Å². The number of nitrogens with one attached hydrogen (secondary N) is 2. The van der Waals surface area contributed by atoms with Gasteiger partial charge >= 0.3 is 0 Å². The number of nitrogens with zero attached hydrogens (tertiary/aromatic N) is 1. The smallest absolute Gasteiger partial charge is 0.191 e. The minimum absolute atomic E-state index is 0. The highest BCUT2D eigenvalue weighted by Gasteiger charge is 2.12. The molecule has 0 aliphatic rings. The zero-order valence-electron chi connectivity index (χ0n) is 17.8. The van der Waals surface area contributed by atoms with Crippen LogP contribution < -0.4 is 20.1 Å². The van der Waals surface area contributed by atoms with Crippen molar-refractivity contribution in [3.63, 3.8) is 0 Å². The molecule has 160 valence electrons. The predicted octanol–water partition coefficient (Wildman–Crippen LogP) is 3.78. The Morgan fingerprint density at radius 2 is 1.96 bits per heavy atom. The maximum atomic E-state index is 5.59. The van der Waals surface area contributed by atoms with Crippen LogP contribution in [0.15, 0.2) is 29.8 Å². The number of hydrogen-bond donors (Lipinski definition) is 2. The lowest BCUT2D eigenvalue weighted by atomic mass is 10.1. The highest BCUT2D eigenvalue weighted by Crippen LogP contribution is 2.33. The number of guanidine groups is 1. The lowest BCUT2D eigenvalue weighted by molar-refractivity contribution is 0.108. The summed E-state index contributed by atoms with van der Waals surface area (Å²) < 4.78 is 16.5. The fraction of sp³-hybridized carbons (Fsp3) is 0.571. The molecule has 0 saturated heterocycles. The molecule has 0 atom stereocenters. The van der Waals surface area contributed by atoms with E-state index >= 15 is 0 Å². The number of methoxy groups -OCH3 is 2. The summed E-state index contributed by atoms with van der Waals surface area (Å²) >= 11 is 0. The van der Waals surface area contributed by atoms with Gasteiger partial charge in [-0.2, -0.15) is 0 Å². The Morgan fingerprint density at radius 3 is 2.54 bits per heavy atom. The van der Waals surface area contributed by atoms with E-state index in [1.54, 1.807) is 21.3 Å². The fourth-order valence-electron chi connectivity index (χ4n) is 2.62. The van der Waals surface area contributed by atoms with Crippen molar-refractivity contribution in [2.75, 3.05) is 41.0 Å². The Balaban J connectivity index is 0.00000729. The first-order chi connectivity index (χ1) is 13.0. The third-order valence-electron chi connectivity index (χ3n) is 3.87. The zero-order chi connectivity index (χ0) is 20.1. The van der Waals surface area contributed by atoms with Gasteiger partial charge in [0.2, 0.25) is 0 Å². The molecule has 0 spiro atoms. The molecule has 7 heteroatoms. The largest absolute Gasteiger partial charge is 0.493 e. The molecule has 1 aromatic rings. The van der Waals surface area contributed by atoms with Gasteiger partial charge in [0, 0.05) is 38.9 Å². The van der Waals surface area contributed by atoms with E-state index in [1.165, 1.54) is 0 Å². The van der Waals surface area contributed by atoms with Crippen molar-refractivity contribution >= 4 is 29.9 Å². The minimum atomic E-state index is 0. The number of allylic oxidation sites excluding steroid dienone is 1. The Bertz CT molecular complexity index is 607. The van der Waals surface area contributed by atoms with Crippen molar-refractivity contribution in [2.45, 2.75) is 33.2 Å². The molecule has 2 N–H and O–H groups in total. The maximum Gasteiger partial charge on any atom is 0.191 e. The number of ether oxygens (including phenoxy) is 3. The van der Waals surface area contributed by atoms with Gasteiger partial charge in [-0.25, -0.2) is 0 Å². The third kappa shape index (κ3) is 9.64. The van der Waals surface area contributed by atoms with Crippen LogP contribution in [0.5, 0.6) is 11.5 Å². The first kappa shape index (κ1) is 26.5. The van der Waals surface area contributed by atoms with Gasteiger partial charge in [-0.05, 0) is 36.5 Å². The zero-order valence-corrected chi connectivity index (χ0v) is 20.2. The van der Waals surface area contributed by atoms with Crippen LogP contribution in [0.3, 0.4) is 0 Å². The molecule has 0 heterocycles. The Hall–Kier alpha value is -1.48. The van der Waals surface area contributed by atoms with E-state index in [2.05, 4.69) is 42.1 Å². The van der Waals surface area contributed by atoms with E-state index in [-0.39, 0.29) is 24.0 Å². The number of halogens is 1. The normalized spacial score (nSPS) is 11.0. The second-order valence-corrected chi connectivity index (χ2v) is 6.66. The van der Waals surface area contributed by atoms with Crippen molar-refractivity contribution in [1.82, 2.24) is 10.6 Å². The summed E-state index contributed by atoms with van der Waals surface area (Å²) in [5, 5.41) is 6.63. The van der Waals surface area contributed by atoms with Crippen LogP contribution in [-0.2, 0) is 17.7 Å². The van der Waals surface area contributed by atoms with Crippen LogP contribution in [0.25, 0.3) is 0 Å². The van der Waals surface area contributed by atoms with Crippen molar-refractivity contribution < 1.29 is 14.2 Å². The summed E-state index contributed by atoms with van der Waals surface area (Å²) in [6, 6.07) is 4.08. The average Bonchev–Trinajstić information content (AvgIpc) is 2.66. The predicted molar refractivity (Wildman–Crippen MR) is 127 cm³/mol. The monoisotopic (exact) mass is 505 g/mol. The van der Waals surface area contributed by atoms with Crippen LogP contribution in [-0.4, -0.2) is 47.0 Å². The second kappa shape index (κ2) is 15.4. The van der Waals surface area contributed by atoms with Crippen LogP contribution >= 0.6 is 24.0 Å². The van der Waals surface area contributed by atoms with Gasteiger partial charge in [0.05, 0.1) is 14.2 Å². The molecule has 28 heavy (non-hydrogen) atoms. The fourth-order valence-corrected chi connectivity index (χ4v) is 2.62. The second-order valence-electron chi connectivity index (χ2n) is 6.66. The molecule has 0 amide bonds. The van der Waals surface area contributed by atoms with Crippen LogP contribution in [0.2, 0.25) is 0 Å². The molecular formula is C21H36IN3O3. The van der Waals surface area contributed by atoms with Crippen LogP contribution in [0, 0.1) is 5.92 Å². The van der Waals surface area contributed by atoms with Gasteiger partial charge in [-0.15, -0.1) is 30.6 Å². The van der Waals surface area contributed by atoms with Crippen molar-refractivity contribution in [3.05, 3.63) is 35.9 Å². The van der Waals surface area contributed by atoms with Gasteiger partial charge in [0.25, 0.3) is 0 Å². The average molecular weight is 505 g/mol. The van der Waals surface area contributed by atoms with Crippen molar-refractivity contribution in [2.24, 2.45) is 10.9 Å². The maximum absolute atomic E-state index is 5.59. The van der Waals surface area contributed by atoms with Gasteiger partial charge in [-0.1, -0.05) is 19.9 Å². The van der Waals surface area contributed by atoms with Crippen LogP contribution in [0.4, 0.5) is 0 Å². The van der Waals surface area contributed by atoms with Gasteiger partial charge in [0.1, 0.15) is 0 Å². The number of aliphatic imine (C=N–C) groups is 1. The molecule has 0 saturated carbocycles. The molecule has 1 rings (SSSR count). The Morgan fingerprint density at radius 1 is 1.21 bits per heavy atom. The molecule has 0 unspecified atom stereocenters. The van der Waals surface area contributed by atoms with E-state index in [0.29, 0.717) is 12.5 Å². The molecule has 0 fully saturated rings. The highest BCUT2D eigenvalue weighted by molar-refractivity contribution is 14.0. The summed E-state index contributed by atoms with van der Waals surface area (Å²) in [5.41, 5.74) is 2.14. The first-order valence-corrected chi connectivity index (χ1v) is 9.42. The van der Waals surface area contributed by atoms with E-state index in [9.17, 15) is 0 Å². The minimum Gasteiger partial charge on any atom is -0.493 e. The van der Waals surface area contributed by atoms with E-state index in [1.807, 2.05) is 12.1 Å². The molecular weight excluding hydrogens is 469 g/mol. The molecule has 0 aliphatic heterocycles. The summed E-state index contributed by atoms with van der Waals surface area (Å²) in [4.78, 5) is 4.27. The summed E-state index contributed by atoms with van der Waals surface area (Å²) in [6.07, 6.45) is 3.51. The van der Waals surface area contributed by atoms with Crippen LogP contribution in [0.1, 0.15) is 31.4 Å². The van der Waals surface area contributed by atoms with Gasteiger partial charge in [0.15, 0.2) is 17.5 Å². The SMILES string of the molecule is C=CCc1cc(CNC(=NC)NCCCOCC(C)C)cc(OC)c1OC.I. The lowest BCUT2D eigenvalue weighted by Gasteiger charge is -2.16. The molecule has 0 aromatic heterocycles. The lowest BCUT2D eigenvalue weighted by Crippen LogP contribution is -2.37. The molecule has 0 bridgehead atoms. The quantitative estimate of drug-likeness (QED) is 0.149. The Labute approximate surface area is 187 Å². The number of benzene rings is 1. The summed E-state index contributed by atoms with van der Waals surface area (Å²) in [6.45, 7) is 11.1. The van der Waals surface area contributed by atoms with E-state index in [4.69, 9.17) is 14.2 Å². The topological polar surface area (TPSA) is 64.1 Å².